The standard InChI is InChI=1S/C12H28N3/c1-2-3-4-5-6-7-9-14-11-12-15-10-8-13/h14-15H,1-13H2. The molecule has 0 atom stereocenters. The van der Waals surface area contributed by atoms with E-state index in [9.17, 15) is 0 Å². The average molecular weight is 214 g/mol. The second-order valence-electron chi connectivity index (χ2n) is 3.91. The molecule has 0 spiro atoms. The van der Waals surface area contributed by atoms with Crippen molar-refractivity contribution in [1.82, 2.24) is 10.6 Å². The molecule has 0 fully saturated rings. The van der Waals surface area contributed by atoms with E-state index in [4.69, 9.17) is 5.73 Å². The van der Waals surface area contributed by atoms with Crippen molar-refractivity contribution < 1.29 is 0 Å². The van der Waals surface area contributed by atoms with Crippen molar-refractivity contribution in [3.05, 3.63) is 6.92 Å². The van der Waals surface area contributed by atoms with Gasteiger partial charge in [0.25, 0.3) is 0 Å². The molecule has 0 heterocycles. The van der Waals surface area contributed by atoms with Gasteiger partial charge in [0.1, 0.15) is 0 Å². The van der Waals surface area contributed by atoms with Crippen LogP contribution in [-0.4, -0.2) is 32.7 Å². The first-order chi connectivity index (χ1) is 7.41. The molecule has 3 nitrogen and oxygen atoms in total. The van der Waals surface area contributed by atoms with E-state index >= 15 is 0 Å². The molecule has 1 radical (unpaired) electrons. The van der Waals surface area contributed by atoms with Crippen LogP contribution in [-0.2, 0) is 0 Å². The minimum Gasteiger partial charge on any atom is -0.329 e. The normalized spacial score (nSPS) is 10.8. The van der Waals surface area contributed by atoms with Crippen molar-refractivity contribution >= 4 is 0 Å². The summed E-state index contributed by atoms with van der Waals surface area (Å²) in [5.74, 6) is 0. The van der Waals surface area contributed by atoms with Gasteiger partial charge in [0, 0.05) is 26.2 Å². The SMILES string of the molecule is [CH2]CCCCCCCNCCNCCN. The van der Waals surface area contributed by atoms with Crippen LogP contribution in [0, 0.1) is 6.92 Å². The molecule has 4 N–H and O–H groups in total. The number of nitrogens with two attached hydrogens (primary N) is 1. The van der Waals surface area contributed by atoms with Gasteiger partial charge in [-0.05, 0) is 13.0 Å². The fraction of sp³-hybridized carbons (Fsp3) is 0.917. The number of hydrogen-bond donors (Lipinski definition) is 3. The van der Waals surface area contributed by atoms with Gasteiger partial charge in [-0.2, -0.15) is 0 Å². The lowest BCUT2D eigenvalue weighted by molar-refractivity contribution is 0.562. The Morgan fingerprint density at radius 2 is 1.33 bits per heavy atom. The highest BCUT2D eigenvalue weighted by molar-refractivity contribution is 4.53. The Balaban J connectivity index is 2.81. The van der Waals surface area contributed by atoms with Crippen LogP contribution in [0.4, 0.5) is 0 Å². The summed E-state index contributed by atoms with van der Waals surface area (Å²) in [5.41, 5.74) is 5.36. The topological polar surface area (TPSA) is 50.1 Å². The molecule has 0 saturated carbocycles. The second kappa shape index (κ2) is 13.9. The Bertz CT molecular complexity index is 95.0. The Morgan fingerprint density at radius 3 is 2.00 bits per heavy atom. The van der Waals surface area contributed by atoms with Crippen LogP contribution in [0.3, 0.4) is 0 Å². The molecule has 0 bridgehead atoms. The lowest BCUT2D eigenvalue weighted by Crippen LogP contribution is -2.31. The third-order valence-corrected chi connectivity index (χ3v) is 2.40. The van der Waals surface area contributed by atoms with Crippen LogP contribution < -0.4 is 16.4 Å². The molecule has 0 aromatic heterocycles. The smallest absolute Gasteiger partial charge is 0.00772 e. The maximum absolute atomic E-state index is 5.36. The Labute approximate surface area is 95.2 Å². The van der Waals surface area contributed by atoms with Crippen molar-refractivity contribution in [1.29, 1.82) is 0 Å². The molecule has 0 amide bonds. The molecule has 0 aliphatic rings. The molecule has 0 unspecified atom stereocenters. The van der Waals surface area contributed by atoms with E-state index in [0.29, 0.717) is 0 Å². The Hall–Kier alpha value is -0.120. The third kappa shape index (κ3) is 13.9. The minimum absolute atomic E-state index is 0.728. The van der Waals surface area contributed by atoms with E-state index in [0.717, 1.165) is 39.1 Å². The van der Waals surface area contributed by atoms with Gasteiger partial charge in [-0.1, -0.05) is 39.0 Å². The van der Waals surface area contributed by atoms with Crippen LogP contribution in [0.5, 0.6) is 0 Å². The van der Waals surface area contributed by atoms with E-state index in [1.54, 1.807) is 0 Å². The summed E-state index contributed by atoms with van der Waals surface area (Å²) in [6.45, 7) is 8.72. The lowest BCUT2D eigenvalue weighted by atomic mass is 10.1. The molecule has 0 rings (SSSR count). The largest absolute Gasteiger partial charge is 0.329 e. The molecule has 0 aliphatic heterocycles. The van der Waals surface area contributed by atoms with Gasteiger partial charge in [0.2, 0.25) is 0 Å². The number of nitrogens with one attached hydrogen (secondary N) is 2. The molecule has 0 aromatic rings. The van der Waals surface area contributed by atoms with E-state index in [1.165, 1.54) is 32.1 Å². The zero-order valence-electron chi connectivity index (χ0n) is 10.1. The van der Waals surface area contributed by atoms with Gasteiger partial charge in [-0.15, -0.1) is 0 Å². The predicted octanol–water partition coefficient (Wildman–Crippen LogP) is 1.30. The molecule has 0 saturated heterocycles. The van der Waals surface area contributed by atoms with Gasteiger partial charge in [-0.25, -0.2) is 0 Å². The van der Waals surface area contributed by atoms with Crippen LogP contribution in [0.25, 0.3) is 0 Å². The van der Waals surface area contributed by atoms with E-state index in [2.05, 4.69) is 17.6 Å². The van der Waals surface area contributed by atoms with Crippen LogP contribution in [0.2, 0.25) is 0 Å². The maximum atomic E-state index is 5.36. The molecule has 91 valence electrons. The van der Waals surface area contributed by atoms with E-state index < -0.39 is 0 Å². The lowest BCUT2D eigenvalue weighted by Gasteiger charge is -2.05. The summed E-state index contributed by atoms with van der Waals surface area (Å²) in [6, 6.07) is 0. The molecule has 0 aromatic carbocycles. The summed E-state index contributed by atoms with van der Waals surface area (Å²) < 4.78 is 0. The van der Waals surface area contributed by atoms with Crippen molar-refractivity contribution in [2.75, 3.05) is 32.7 Å². The number of unbranched alkanes of at least 4 members (excludes halogenated alkanes) is 5. The van der Waals surface area contributed by atoms with Gasteiger partial charge >= 0.3 is 0 Å². The van der Waals surface area contributed by atoms with Crippen molar-refractivity contribution in [2.24, 2.45) is 5.73 Å². The van der Waals surface area contributed by atoms with E-state index in [1.807, 2.05) is 0 Å². The van der Waals surface area contributed by atoms with Gasteiger partial charge in [0.05, 0.1) is 0 Å². The highest BCUT2D eigenvalue weighted by atomic mass is 14.9. The van der Waals surface area contributed by atoms with Crippen molar-refractivity contribution in [3.8, 4) is 0 Å². The quantitative estimate of drug-likeness (QED) is 0.429. The monoisotopic (exact) mass is 214 g/mol. The molecule has 15 heavy (non-hydrogen) atoms. The van der Waals surface area contributed by atoms with Crippen LogP contribution >= 0.6 is 0 Å². The number of hydrogen-bond acceptors (Lipinski definition) is 3. The van der Waals surface area contributed by atoms with Crippen LogP contribution in [0.1, 0.15) is 38.5 Å². The average Bonchev–Trinajstić information content (AvgIpc) is 2.26. The highest BCUT2D eigenvalue weighted by Gasteiger charge is 1.90. The summed E-state index contributed by atoms with van der Waals surface area (Å²) in [4.78, 5) is 0. The van der Waals surface area contributed by atoms with Crippen molar-refractivity contribution in [3.63, 3.8) is 0 Å². The van der Waals surface area contributed by atoms with E-state index in [-0.39, 0.29) is 0 Å². The van der Waals surface area contributed by atoms with Gasteiger partial charge in [-0.3, -0.25) is 0 Å². The molecular formula is C12H28N3. The molecular weight excluding hydrogens is 186 g/mol. The maximum Gasteiger partial charge on any atom is 0.00772 e. The Kier molecular flexibility index (Phi) is 13.8. The second-order valence-corrected chi connectivity index (χ2v) is 3.91. The summed E-state index contributed by atoms with van der Waals surface area (Å²) in [5, 5.41) is 6.68. The highest BCUT2D eigenvalue weighted by Crippen LogP contribution is 2.03. The third-order valence-electron chi connectivity index (χ3n) is 2.40. The molecule has 0 aliphatic carbocycles. The number of rotatable bonds is 12. The first-order valence-electron chi connectivity index (χ1n) is 6.32. The minimum atomic E-state index is 0.728. The van der Waals surface area contributed by atoms with Crippen LogP contribution in [0.15, 0.2) is 0 Å². The summed E-state index contributed by atoms with van der Waals surface area (Å²) in [7, 11) is 0. The fourth-order valence-electron chi connectivity index (χ4n) is 1.49. The fourth-order valence-corrected chi connectivity index (χ4v) is 1.49. The Morgan fingerprint density at radius 1 is 0.733 bits per heavy atom. The molecule has 3 heteroatoms. The zero-order valence-corrected chi connectivity index (χ0v) is 10.1. The van der Waals surface area contributed by atoms with Crippen molar-refractivity contribution in [2.45, 2.75) is 38.5 Å². The zero-order chi connectivity index (χ0) is 11.2. The predicted molar refractivity (Wildman–Crippen MR) is 67.9 cm³/mol. The van der Waals surface area contributed by atoms with Gasteiger partial charge < -0.3 is 16.4 Å². The van der Waals surface area contributed by atoms with Gasteiger partial charge in [0.15, 0.2) is 0 Å². The first kappa shape index (κ1) is 14.9. The first-order valence-corrected chi connectivity index (χ1v) is 6.32. The summed E-state index contributed by atoms with van der Waals surface area (Å²) in [6.07, 6.45) is 7.74. The summed E-state index contributed by atoms with van der Waals surface area (Å²) >= 11 is 0.